The van der Waals surface area contributed by atoms with Crippen LogP contribution in [0.2, 0.25) is 5.02 Å². The van der Waals surface area contributed by atoms with Gasteiger partial charge in [0, 0.05) is 17.5 Å². The largest absolute Gasteiger partial charge is 0.326 e. The summed E-state index contributed by atoms with van der Waals surface area (Å²) in [6.07, 6.45) is 5.92. The van der Waals surface area contributed by atoms with Gasteiger partial charge in [0.2, 0.25) is 5.91 Å². The second-order valence-electron chi connectivity index (χ2n) is 8.48. The first kappa shape index (κ1) is 24.0. The van der Waals surface area contributed by atoms with Crippen LogP contribution in [0.15, 0.2) is 65.6 Å². The molecule has 0 unspecified atom stereocenters. The standard InChI is InChI=1S/C26H25ClN2O4S/c1-34(32,33)22-8-4-7-20(15-22)26(31)29-24-12-11-21(16-23(24)27)28-25(30)14-17-9-10-18-5-2-3-6-19(18)13-17/h4,7-13,15-16H,2-3,5-6,14H2,1H3,(H,28,30)(H,29,31). The monoisotopic (exact) mass is 496 g/mol. The van der Waals surface area contributed by atoms with Crippen molar-refractivity contribution in [2.75, 3.05) is 16.9 Å². The molecule has 34 heavy (non-hydrogen) atoms. The van der Waals surface area contributed by atoms with Gasteiger partial charge in [0.25, 0.3) is 5.91 Å². The fourth-order valence-corrected chi connectivity index (χ4v) is 4.94. The van der Waals surface area contributed by atoms with Gasteiger partial charge in [0.05, 0.1) is 22.0 Å². The molecule has 0 radical (unpaired) electrons. The van der Waals surface area contributed by atoms with Crippen molar-refractivity contribution in [1.82, 2.24) is 0 Å². The number of hydrogen-bond acceptors (Lipinski definition) is 4. The summed E-state index contributed by atoms with van der Waals surface area (Å²) >= 11 is 6.33. The van der Waals surface area contributed by atoms with Crippen molar-refractivity contribution in [2.24, 2.45) is 0 Å². The number of anilines is 2. The van der Waals surface area contributed by atoms with Gasteiger partial charge in [-0.15, -0.1) is 0 Å². The molecule has 0 atom stereocenters. The van der Waals surface area contributed by atoms with Crippen LogP contribution in [0.25, 0.3) is 0 Å². The minimum Gasteiger partial charge on any atom is -0.326 e. The van der Waals surface area contributed by atoms with Crippen LogP contribution in [0.5, 0.6) is 0 Å². The zero-order valence-corrected chi connectivity index (χ0v) is 20.3. The summed E-state index contributed by atoms with van der Waals surface area (Å²) in [7, 11) is -3.43. The first-order valence-electron chi connectivity index (χ1n) is 11.0. The number of halogens is 1. The maximum Gasteiger partial charge on any atom is 0.255 e. The van der Waals surface area contributed by atoms with Crippen molar-refractivity contribution in [2.45, 2.75) is 37.0 Å². The quantitative estimate of drug-likeness (QED) is 0.499. The Kier molecular flexibility index (Phi) is 7.05. The van der Waals surface area contributed by atoms with Crippen molar-refractivity contribution in [1.29, 1.82) is 0 Å². The van der Waals surface area contributed by atoms with E-state index in [9.17, 15) is 18.0 Å². The van der Waals surface area contributed by atoms with Crippen LogP contribution >= 0.6 is 11.6 Å². The fourth-order valence-electron chi connectivity index (χ4n) is 4.04. The Bertz CT molecular complexity index is 1370. The van der Waals surface area contributed by atoms with Crippen LogP contribution in [0, 0.1) is 0 Å². The lowest BCUT2D eigenvalue weighted by Crippen LogP contribution is -2.16. The number of benzene rings is 3. The highest BCUT2D eigenvalue weighted by molar-refractivity contribution is 7.90. The number of amides is 2. The predicted octanol–water partition coefficient (Wildman–Crippen LogP) is 5.06. The third-order valence-electron chi connectivity index (χ3n) is 5.80. The van der Waals surface area contributed by atoms with Crippen LogP contribution in [-0.2, 0) is 33.9 Å². The van der Waals surface area contributed by atoms with E-state index in [1.165, 1.54) is 48.2 Å². The first-order chi connectivity index (χ1) is 16.2. The number of carbonyl (C=O) groups excluding carboxylic acids is 2. The Morgan fingerprint density at radius 1 is 0.912 bits per heavy atom. The van der Waals surface area contributed by atoms with E-state index in [0.29, 0.717) is 11.4 Å². The van der Waals surface area contributed by atoms with Crippen LogP contribution in [0.4, 0.5) is 11.4 Å². The molecule has 0 heterocycles. The molecule has 1 aliphatic rings. The van der Waals surface area contributed by atoms with E-state index in [1.807, 2.05) is 6.07 Å². The average molecular weight is 497 g/mol. The molecule has 0 saturated heterocycles. The summed E-state index contributed by atoms with van der Waals surface area (Å²) in [5.41, 5.74) is 4.75. The number of fused-ring (bicyclic) bond motifs is 1. The van der Waals surface area contributed by atoms with E-state index in [4.69, 9.17) is 11.6 Å². The molecule has 0 fully saturated rings. The molecule has 2 amide bonds. The summed E-state index contributed by atoms with van der Waals surface area (Å²) < 4.78 is 23.5. The van der Waals surface area contributed by atoms with Crippen LogP contribution in [-0.4, -0.2) is 26.5 Å². The molecular weight excluding hydrogens is 472 g/mol. The molecule has 1 aliphatic carbocycles. The molecule has 3 aromatic rings. The Morgan fingerprint density at radius 2 is 1.68 bits per heavy atom. The first-order valence-corrected chi connectivity index (χ1v) is 13.3. The zero-order chi connectivity index (χ0) is 24.3. The molecular formula is C26H25ClN2O4S. The minimum atomic E-state index is -3.43. The Hall–Kier alpha value is -3.16. The summed E-state index contributed by atoms with van der Waals surface area (Å²) in [4.78, 5) is 25.2. The normalized spacial score (nSPS) is 13.1. The van der Waals surface area contributed by atoms with E-state index < -0.39 is 15.7 Å². The fraction of sp³-hybridized carbons (Fsp3) is 0.231. The molecule has 0 aromatic heterocycles. The van der Waals surface area contributed by atoms with Crippen LogP contribution in [0.3, 0.4) is 0 Å². The van der Waals surface area contributed by atoms with E-state index in [-0.39, 0.29) is 27.8 Å². The van der Waals surface area contributed by atoms with E-state index in [2.05, 4.69) is 22.8 Å². The highest BCUT2D eigenvalue weighted by atomic mass is 35.5. The number of aryl methyl sites for hydroxylation is 2. The highest BCUT2D eigenvalue weighted by Crippen LogP contribution is 2.27. The molecule has 4 rings (SSSR count). The molecule has 3 aromatic carbocycles. The third-order valence-corrected chi connectivity index (χ3v) is 7.23. The number of nitrogens with one attached hydrogen (secondary N) is 2. The smallest absolute Gasteiger partial charge is 0.255 e. The molecule has 2 N–H and O–H groups in total. The van der Waals surface area contributed by atoms with Gasteiger partial charge in [0.15, 0.2) is 9.84 Å². The van der Waals surface area contributed by atoms with Gasteiger partial charge in [0.1, 0.15) is 0 Å². The second kappa shape index (κ2) is 9.99. The van der Waals surface area contributed by atoms with Crippen molar-refractivity contribution in [3.8, 4) is 0 Å². The Balaban J connectivity index is 1.40. The minimum absolute atomic E-state index is 0.0585. The number of rotatable bonds is 6. The van der Waals surface area contributed by atoms with Crippen molar-refractivity contribution in [3.63, 3.8) is 0 Å². The lowest BCUT2D eigenvalue weighted by atomic mass is 9.90. The van der Waals surface area contributed by atoms with Gasteiger partial charge in [-0.05, 0) is 78.8 Å². The predicted molar refractivity (Wildman–Crippen MR) is 134 cm³/mol. The number of carbonyl (C=O) groups is 2. The summed E-state index contributed by atoms with van der Waals surface area (Å²) in [5.74, 6) is -0.641. The SMILES string of the molecule is CS(=O)(=O)c1cccc(C(=O)Nc2ccc(NC(=O)Cc3ccc4c(c3)CCCC4)cc2Cl)c1. The molecule has 176 valence electrons. The summed E-state index contributed by atoms with van der Waals surface area (Å²) in [6.45, 7) is 0. The van der Waals surface area contributed by atoms with E-state index in [0.717, 1.165) is 24.7 Å². The van der Waals surface area contributed by atoms with Crippen molar-refractivity contribution in [3.05, 3.63) is 87.9 Å². The van der Waals surface area contributed by atoms with E-state index >= 15 is 0 Å². The highest BCUT2D eigenvalue weighted by Gasteiger charge is 2.15. The van der Waals surface area contributed by atoms with Gasteiger partial charge >= 0.3 is 0 Å². The van der Waals surface area contributed by atoms with Gasteiger partial charge < -0.3 is 10.6 Å². The maximum atomic E-state index is 12.6. The number of hydrogen-bond donors (Lipinski definition) is 2. The Labute approximate surface area is 204 Å². The molecule has 6 nitrogen and oxygen atoms in total. The molecule has 0 bridgehead atoms. The lowest BCUT2D eigenvalue weighted by molar-refractivity contribution is -0.115. The lowest BCUT2D eigenvalue weighted by Gasteiger charge is -2.16. The second-order valence-corrected chi connectivity index (χ2v) is 10.9. The molecule has 0 aliphatic heterocycles. The van der Waals surface area contributed by atoms with Crippen LogP contribution < -0.4 is 10.6 Å². The molecule has 0 saturated carbocycles. The summed E-state index contributed by atoms with van der Waals surface area (Å²) in [6, 6.07) is 16.8. The van der Waals surface area contributed by atoms with E-state index in [1.54, 1.807) is 18.2 Å². The Morgan fingerprint density at radius 3 is 2.41 bits per heavy atom. The summed E-state index contributed by atoms with van der Waals surface area (Å²) in [5, 5.41) is 5.77. The van der Waals surface area contributed by atoms with Crippen LogP contribution in [0.1, 0.15) is 39.9 Å². The molecule has 0 spiro atoms. The average Bonchev–Trinajstić information content (AvgIpc) is 2.80. The zero-order valence-electron chi connectivity index (χ0n) is 18.7. The third kappa shape index (κ3) is 5.85. The van der Waals surface area contributed by atoms with Gasteiger partial charge in [-0.2, -0.15) is 0 Å². The topological polar surface area (TPSA) is 92.3 Å². The number of sulfone groups is 1. The maximum absolute atomic E-state index is 12.6. The molecule has 8 heteroatoms. The van der Waals surface area contributed by atoms with Gasteiger partial charge in [-0.3, -0.25) is 9.59 Å². The van der Waals surface area contributed by atoms with Gasteiger partial charge in [-0.25, -0.2) is 8.42 Å². The van der Waals surface area contributed by atoms with Crippen molar-refractivity contribution >= 4 is 44.6 Å². The van der Waals surface area contributed by atoms with Gasteiger partial charge in [-0.1, -0.05) is 35.9 Å². The van der Waals surface area contributed by atoms with Crippen molar-refractivity contribution < 1.29 is 18.0 Å².